The molecule has 0 aromatic rings. The fourth-order valence-electron chi connectivity index (χ4n) is 0.999. The summed E-state index contributed by atoms with van der Waals surface area (Å²) in [6, 6.07) is 0. The first kappa shape index (κ1) is 6.99. The SMILES string of the molecule is O=[S+]CC1CC(F)(F)C1. The van der Waals surface area contributed by atoms with Gasteiger partial charge in [-0.05, 0) is 0 Å². The largest absolute Gasteiger partial charge is 0.458 e. The van der Waals surface area contributed by atoms with Gasteiger partial charge in [-0.25, -0.2) is 8.78 Å². The van der Waals surface area contributed by atoms with Crippen LogP contribution in [0.2, 0.25) is 0 Å². The number of alkyl halides is 2. The minimum absolute atomic E-state index is 0.0255. The van der Waals surface area contributed by atoms with Crippen molar-refractivity contribution in [3.05, 3.63) is 0 Å². The smallest absolute Gasteiger partial charge is 0.207 e. The third-order valence-electron chi connectivity index (χ3n) is 1.48. The molecule has 0 atom stereocenters. The van der Waals surface area contributed by atoms with Gasteiger partial charge in [-0.15, -0.1) is 0 Å². The van der Waals surface area contributed by atoms with Crippen LogP contribution in [-0.4, -0.2) is 11.7 Å². The van der Waals surface area contributed by atoms with Gasteiger partial charge in [0.2, 0.25) is 11.7 Å². The summed E-state index contributed by atoms with van der Waals surface area (Å²) in [6.07, 6.45) is -0.162. The molecular weight excluding hydrogens is 146 g/mol. The lowest BCUT2D eigenvalue weighted by atomic mass is 9.83. The summed E-state index contributed by atoms with van der Waals surface area (Å²) >= 11 is 0.403. The lowest BCUT2D eigenvalue weighted by Crippen LogP contribution is -2.37. The first-order valence-electron chi connectivity index (χ1n) is 2.77. The normalized spacial score (nSPS) is 25.1. The topological polar surface area (TPSA) is 17.1 Å². The Morgan fingerprint density at radius 1 is 1.56 bits per heavy atom. The molecule has 0 aliphatic heterocycles. The van der Waals surface area contributed by atoms with Gasteiger partial charge in [-0.3, -0.25) is 0 Å². The molecule has 1 nitrogen and oxygen atoms in total. The summed E-state index contributed by atoms with van der Waals surface area (Å²) in [6.45, 7) is 0. The molecule has 0 spiro atoms. The average molecular weight is 153 g/mol. The molecule has 0 radical (unpaired) electrons. The van der Waals surface area contributed by atoms with E-state index in [0.717, 1.165) is 0 Å². The molecule has 0 saturated heterocycles. The highest BCUT2D eigenvalue weighted by atomic mass is 32.1. The summed E-state index contributed by atoms with van der Waals surface area (Å²) in [5.41, 5.74) is 0. The molecule has 1 rings (SSSR count). The van der Waals surface area contributed by atoms with Crippen molar-refractivity contribution in [1.29, 1.82) is 0 Å². The minimum atomic E-state index is -2.46. The van der Waals surface area contributed by atoms with E-state index in [1.54, 1.807) is 0 Å². The Labute approximate surface area is 55.9 Å². The molecule has 0 amide bonds. The van der Waals surface area contributed by atoms with E-state index in [-0.39, 0.29) is 18.8 Å². The zero-order chi connectivity index (χ0) is 6.91. The van der Waals surface area contributed by atoms with Crippen LogP contribution in [0.4, 0.5) is 8.78 Å². The maximum Gasteiger partial charge on any atom is 0.458 e. The number of hydrogen-bond acceptors (Lipinski definition) is 1. The summed E-state index contributed by atoms with van der Waals surface area (Å²) < 4.78 is 33.8. The fourth-order valence-corrected chi connectivity index (χ4v) is 1.43. The van der Waals surface area contributed by atoms with Crippen molar-refractivity contribution in [3.8, 4) is 0 Å². The van der Waals surface area contributed by atoms with Crippen LogP contribution in [0.5, 0.6) is 0 Å². The molecule has 0 aromatic heterocycles. The number of hydrogen-bond donors (Lipinski definition) is 0. The number of rotatable bonds is 2. The van der Waals surface area contributed by atoms with Crippen molar-refractivity contribution in [2.75, 3.05) is 5.75 Å². The third-order valence-corrected chi connectivity index (χ3v) is 2.09. The highest BCUT2D eigenvalue weighted by Gasteiger charge is 2.47. The van der Waals surface area contributed by atoms with E-state index in [0.29, 0.717) is 17.4 Å². The van der Waals surface area contributed by atoms with E-state index in [2.05, 4.69) is 0 Å². The molecule has 4 heteroatoms. The van der Waals surface area contributed by atoms with Gasteiger partial charge in [-0.1, -0.05) is 0 Å². The molecule has 0 bridgehead atoms. The Kier molecular flexibility index (Phi) is 1.75. The van der Waals surface area contributed by atoms with Gasteiger partial charge in [-0.2, -0.15) is 0 Å². The second-order valence-electron chi connectivity index (χ2n) is 2.41. The van der Waals surface area contributed by atoms with Crippen LogP contribution in [-0.2, 0) is 15.9 Å². The Hall–Kier alpha value is -0.120. The molecule has 0 heterocycles. The van der Waals surface area contributed by atoms with E-state index in [1.165, 1.54) is 0 Å². The molecule has 1 aliphatic carbocycles. The highest BCUT2D eigenvalue weighted by molar-refractivity contribution is 7.65. The van der Waals surface area contributed by atoms with Crippen molar-refractivity contribution < 1.29 is 13.0 Å². The summed E-state index contributed by atoms with van der Waals surface area (Å²) in [4.78, 5) is 0. The monoisotopic (exact) mass is 153 g/mol. The predicted molar refractivity (Wildman–Crippen MR) is 30.6 cm³/mol. The molecular formula is C5H7F2OS+. The third kappa shape index (κ3) is 1.64. The maximum absolute atomic E-state index is 12.0. The van der Waals surface area contributed by atoms with Crippen molar-refractivity contribution in [1.82, 2.24) is 0 Å². The van der Waals surface area contributed by atoms with E-state index < -0.39 is 5.92 Å². The lowest BCUT2D eigenvalue weighted by Gasteiger charge is -2.30. The molecule has 0 aromatic carbocycles. The van der Waals surface area contributed by atoms with Crippen molar-refractivity contribution >= 4 is 11.7 Å². The molecule has 1 saturated carbocycles. The van der Waals surface area contributed by atoms with Gasteiger partial charge in [0.1, 0.15) is 0 Å². The first-order chi connectivity index (χ1) is 4.14. The van der Waals surface area contributed by atoms with Crippen LogP contribution < -0.4 is 0 Å². The van der Waals surface area contributed by atoms with Gasteiger partial charge in [0, 0.05) is 23.0 Å². The van der Waals surface area contributed by atoms with Crippen LogP contribution in [0.15, 0.2) is 0 Å². The Morgan fingerprint density at radius 2 is 2.11 bits per heavy atom. The molecule has 0 N–H and O–H groups in total. The van der Waals surface area contributed by atoms with E-state index in [4.69, 9.17) is 0 Å². The van der Waals surface area contributed by atoms with Gasteiger partial charge < -0.3 is 0 Å². The van der Waals surface area contributed by atoms with Crippen LogP contribution in [0.1, 0.15) is 12.8 Å². The zero-order valence-electron chi connectivity index (χ0n) is 4.77. The number of halogens is 2. The second kappa shape index (κ2) is 2.25. The van der Waals surface area contributed by atoms with Crippen LogP contribution in [0.25, 0.3) is 0 Å². The lowest BCUT2D eigenvalue weighted by molar-refractivity contribution is -0.103. The minimum Gasteiger partial charge on any atom is -0.207 e. The van der Waals surface area contributed by atoms with Crippen LogP contribution in [0.3, 0.4) is 0 Å². The zero-order valence-corrected chi connectivity index (χ0v) is 5.59. The Bertz CT molecular complexity index is 118. The van der Waals surface area contributed by atoms with Crippen LogP contribution in [0, 0.1) is 5.92 Å². The fraction of sp³-hybridized carbons (Fsp3) is 1.00. The van der Waals surface area contributed by atoms with E-state index in [1.807, 2.05) is 0 Å². The highest BCUT2D eigenvalue weighted by Crippen LogP contribution is 2.41. The molecule has 1 aliphatic rings. The Morgan fingerprint density at radius 3 is 2.44 bits per heavy atom. The van der Waals surface area contributed by atoms with Gasteiger partial charge in [0.05, 0.1) is 0 Å². The summed E-state index contributed by atoms with van der Waals surface area (Å²) in [7, 11) is 0. The summed E-state index contributed by atoms with van der Waals surface area (Å²) in [5.74, 6) is -2.14. The van der Waals surface area contributed by atoms with Crippen molar-refractivity contribution in [3.63, 3.8) is 0 Å². The molecule has 0 unspecified atom stereocenters. The predicted octanol–water partition coefficient (Wildman–Crippen LogP) is 1.46. The van der Waals surface area contributed by atoms with Crippen LogP contribution >= 0.6 is 0 Å². The van der Waals surface area contributed by atoms with Gasteiger partial charge in [0.25, 0.3) is 0 Å². The van der Waals surface area contributed by atoms with Gasteiger partial charge >= 0.3 is 11.7 Å². The van der Waals surface area contributed by atoms with Crippen molar-refractivity contribution in [2.45, 2.75) is 18.8 Å². The Balaban J connectivity index is 2.19. The summed E-state index contributed by atoms with van der Waals surface area (Å²) in [5, 5.41) is 0. The van der Waals surface area contributed by atoms with Gasteiger partial charge in [0.15, 0.2) is 0 Å². The van der Waals surface area contributed by atoms with E-state index >= 15 is 0 Å². The standard InChI is InChI=1S/C5H7F2OS/c6-5(7)1-4(2-5)3-9-8/h4H,1-3H2/q+1. The molecule has 52 valence electrons. The first-order valence-corrected chi connectivity index (χ1v) is 3.68. The van der Waals surface area contributed by atoms with E-state index in [9.17, 15) is 13.0 Å². The molecule has 1 fully saturated rings. The quantitative estimate of drug-likeness (QED) is 0.549. The average Bonchev–Trinajstić information content (AvgIpc) is 1.62. The maximum atomic E-state index is 12.0. The van der Waals surface area contributed by atoms with Crippen molar-refractivity contribution in [2.24, 2.45) is 5.92 Å². The second-order valence-corrected chi connectivity index (χ2v) is 2.98. The molecule has 9 heavy (non-hydrogen) atoms.